The molecule has 3 aliphatic heterocycles. The van der Waals surface area contributed by atoms with Crippen molar-refractivity contribution in [2.75, 3.05) is 31.5 Å². The number of hydrogen-bond donors (Lipinski definition) is 3. The highest BCUT2D eigenvalue weighted by Crippen LogP contribution is 2.41. The van der Waals surface area contributed by atoms with E-state index in [4.69, 9.17) is 28.9 Å². The van der Waals surface area contributed by atoms with Gasteiger partial charge in [-0.05, 0) is 82.2 Å². The molecule has 13 heteroatoms. The zero-order valence-electron chi connectivity index (χ0n) is 28.1. The number of aliphatic hydroxyl groups is 1. The van der Waals surface area contributed by atoms with Gasteiger partial charge in [0.2, 0.25) is 23.6 Å². The van der Waals surface area contributed by atoms with E-state index < -0.39 is 41.5 Å². The summed E-state index contributed by atoms with van der Waals surface area (Å²) >= 11 is 12.1. The van der Waals surface area contributed by atoms with Gasteiger partial charge in [-0.3, -0.25) is 19.2 Å². The molecule has 2 saturated heterocycles. The van der Waals surface area contributed by atoms with Gasteiger partial charge in [0.15, 0.2) is 5.82 Å². The minimum atomic E-state index is -1.07. The molecule has 0 saturated carbocycles. The first kappa shape index (κ1) is 37.0. The van der Waals surface area contributed by atoms with E-state index in [2.05, 4.69) is 10.2 Å². The number of amides is 4. The van der Waals surface area contributed by atoms with Gasteiger partial charge in [0.1, 0.15) is 6.04 Å². The maximum Gasteiger partial charge on any atom is 0.240 e. The van der Waals surface area contributed by atoms with Crippen LogP contribution in [-0.2, 0) is 25.6 Å². The van der Waals surface area contributed by atoms with Gasteiger partial charge in [-0.15, -0.1) is 0 Å². The molecule has 5 rings (SSSR count). The normalized spacial score (nSPS) is 21.9. The number of hydrogen-bond acceptors (Lipinski definition) is 6. The highest BCUT2D eigenvalue weighted by atomic mass is 35.5. The van der Waals surface area contributed by atoms with Crippen LogP contribution in [0.5, 0.6) is 0 Å². The number of piperidine rings is 2. The second-order valence-corrected chi connectivity index (χ2v) is 14.8. The Morgan fingerprint density at radius 3 is 2.41 bits per heavy atom. The van der Waals surface area contributed by atoms with Crippen molar-refractivity contribution in [1.82, 2.24) is 14.7 Å². The number of primary amides is 1. The van der Waals surface area contributed by atoms with Crippen LogP contribution < -0.4 is 11.1 Å². The Morgan fingerprint density at radius 2 is 1.71 bits per heavy atom. The zero-order chi connectivity index (χ0) is 35.5. The standard InChI is InChI=1S/C36H46Cl2FN5O5/c1-36(2)16-5-6-17-43(36)29(46)11-12-30(47)44-28(34(40)48)21-22-7-3-4-8-24(22)33(44)25(15-20-42-18-13-23(45)14-19-42)35(49)41-27-10-9-26(37)31(38)32(27)39/h3-4,7-10,23,25,28,33,45H,5-6,11-21H2,1-2H3,(H2,40,48)(H,41,49)/t25-,28?,33?/m0/s1. The molecule has 4 amide bonds. The molecule has 0 spiro atoms. The number of aliphatic hydroxyl groups excluding tert-OH is 1. The fraction of sp³-hybridized carbons (Fsp3) is 0.556. The molecule has 3 heterocycles. The zero-order valence-corrected chi connectivity index (χ0v) is 29.6. The number of benzene rings is 2. The first-order valence-corrected chi connectivity index (χ1v) is 17.9. The first-order valence-electron chi connectivity index (χ1n) is 17.1. The van der Waals surface area contributed by atoms with E-state index in [1.807, 2.05) is 36.9 Å². The van der Waals surface area contributed by atoms with E-state index in [1.54, 1.807) is 6.07 Å². The van der Waals surface area contributed by atoms with Gasteiger partial charge in [-0.1, -0.05) is 47.5 Å². The first-order chi connectivity index (χ1) is 23.3. The van der Waals surface area contributed by atoms with E-state index in [1.165, 1.54) is 17.0 Å². The predicted octanol–water partition coefficient (Wildman–Crippen LogP) is 5.09. The van der Waals surface area contributed by atoms with E-state index in [9.17, 15) is 24.3 Å². The second-order valence-electron chi connectivity index (χ2n) is 14.1. The lowest BCUT2D eigenvalue weighted by molar-refractivity contribution is -0.149. The third-order valence-electron chi connectivity index (χ3n) is 10.4. The van der Waals surface area contributed by atoms with Crippen molar-refractivity contribution in [1.29, 1.82) is 0 Å². The Morgan fingerprint density at radius 1 is 1.02 bits per heavy atom. The molecule has 10 nitrogen and oxygen atoms in total. The monoisotopic (exact) mass is 717 g/mol. The minimum Gasteiger partial charge on any atom is -0.393 e. The fourth-order valence-electron chi connectivity index (χ4n) is 7.59. The number of likely N-dealkylation sites (tertiary alicyclic amines) is 2. The number of nitrogens with zero attached hydrogens (tertiary/aromatic N) is 3. The third-order valence-corrected chi connectivity index (χ3v) is 11.1. The molecule has 266 valence electrons. The van der Waals surface area contributed by atoms with Crippen LogP contribution in [0.4, 0.5) is 10.1 Å². The van der Waals surface area contributed by atoms with Gasteiger partial charge in [0.25, 0.3) is 0 Å². The van der Waals surface area contributed by atoms with Crippen LogP contribution in [0.15, 0.2) is 36.4 Å². The van der Waals surface area contributed by atoms with Gasteiger partial charge < -0.3 is 30.9 Å². The Kier molecular flexibility index (Phi) is 11.9. The number of rotatable bonds is 10. The average molecular weight is 719 g/mol. The van der Waals surface area contributed by atoms with Crippen molar-refractivity contribution >= 4 is 52.5 Å². The minimum absolute atomic E-state index is 0.00855. The topological polar surface area (TPSA) is 136 Å². The molecule has 3 aliphatic rings. The lowest BCUT2D eigenvalue weighted by Crippen LogP contribution is -2.56. The quantitative estimate of drug-likeness (QED) is 0.293. The summed E-state index contributed by atoms with van der Waals surface area (Å²) in [4.78, 5) is 60.6. The van der Waals surface area contributed by atoms with E-state index in [-0.39, 0.29) is 59.0 Å². The molecule has 2 fully saturated rings. The van der Waals surface area contributed by atoms with Crippen LogP contribution in [0.25, 0.3) is 0 Å². The molecule has 4 N–H and O–H groups in total. The lowest BCUT2D eigenvalue weighted by atomic mass is 9.79. The third kappa shape index (κ3) is 8.39. The summed E-state index contributed by atoms with van der Waals surface area (Å²) in [7, 11) is 0. The fourth-order valence-corrected chi connectivity index (χ4v) is 7.90. The van der Waals surface area contributed by atoms with Crippen molar-refractivity contribution in [2.45, 2.75) is 95.4 Å². The van der Waals surface area contributed by atoms with Crippen LogP contribution in [0, 0.1) is 11.7 Å². The lowest BCUT2D eigenvalue weighted by Gasteiger charge is -2.45. The molecule has 0 radical (unpaired) electrons. The van der Waals surface area contributed by atoms with Gasteiger partial charge in [-0.2, -0.15) is 0 Å². The van der Waals surface area contributed by atoms with Gasteiger partial charge >= 0.3 is 0 Å². The summed E-state index contributed by atoms with van der Waals surface area (Å²) < 4.78 is 15.2. The molecule has 2 unspecified atom stereocenters. The predicted molar refractivity (Wildman–Crippen MR) is 186 cm³/mol. The Labute approximate surface area is 297 Å². The number of carbonyl (C=O) groups excluding carboxylic acids is 4. The maximum absolute atomic E-state index is 15.2. The molecule has 2 aromatic carbocycles. The molecule has 0 bridgehead atoms. The number of halogens is 3. The molecular weight excluding hydrogens is 672 g/mol. The van der Waals surface area contributed by atoms with E-state index >= 15 is 4.39 Å². The SMILES string of the molecule is CC1(C)CCCCN1C(=O)CCC(=O)N1C(C(N)=O)Cc2ccccc2C1[C@H](CCN1CCC(O)CC1)C(=O)Nc1ccc(Cl)c(Cl)c1F. The van der Waals surface area contributed by atoms with Crippen LogP contribution in [0.2, 0.25) is 10.0 Å². The van der Waals surface area contributed by atoms with Crippen LogP contribution in [0.1, 0.15) is 82.4 Å². The summed E-state index contributed by atoms with van der Waals surface area (Å²) in [6.07, 6.45) is 3.74. The van der Waals surface area contributed by atoms with Crippen molar-refractivity contribution in [3.63, 3.8) is 0 Å². The summed E-state index contributed by atoms with van der Waals surface area (Å²) in [6.45, 7) is 6.36. The Bertz CT molecular complexity index is 1570. The van der Waals surface area contributed by atoms with Crippen LogP contribution >= 0.6 is 23.2 Å². The van der Waals surface area contributed by atoms with E-state index in [0.717, 1.165) is 24.8 Å². The largest absolute Gasteiger partial charge is 0.393 e. The molecular formula is C36H46Cl2FN5O5. The molecule has 2 aromatic rings. The highest BCUT2D eigenvalue weighted by Gasteiger charge is 2.46. The average Bonchev–Trinajstić information content (AvgIpc) is 3.07. The molecule has 3 atom stereocenters. The van der Waals surface area contributed by atoms with E-state index in [0.29, 0.717) is 44.6 Å². The van der Waals surface area contributed by atoms with Crippen LogP contribution in [0.3, 0.4) is 0 Å². The summed E-state index contributed by atoms with van der Waals surface area (Å²) in [6, 6.07) is 7.99. The second kappa shape index (κ2) is 15.7. The summed E-state index contributed by atoms with van der Waals surface area (Å²) in [5.41, 5.74) is 6.91. The van der Waals surface area contributed by atoms with Crippen molar-refractivity contribution in [3.8, 4) is 0 Å². The molecule has 0 aliphatic carbocycles. The summed E-state index contributed by atoms with van der Waals surface area (Å²) in [5, 5.41) is 12.4. The van der Waals surface area contributed by atoms with Crippen molar-refractivity contribution < 1.29 is 28.7 Å². The Balaban J connectivity index is 1.50. The highest BCUT2D eigenvalue weighted by molar-refractivity contribution is 6.42. The number of carbonyl (C=O) groups is 4. The summed E-state index contributed by atoms with van der Waals surface area (Å²) in [5.74, 6) is -3.77. The van der Waals surface area contributed by atoms with Gasteiger partial charge in [0.05, 0.1) is 33.8 Å². The number of anilines is 1. The Hall–Kier alpha value is -3.25. The smallest absolute Gasteiger partial charge is 0.240 e. The van der Waals surface area contributed by atoms with Crippen molar-refractivity contribution in [3.05, 3.63) is 63.4 Å². The number of nitrogens with one attached hydrogen (secondary N) is 1. The maximum atomic E-state index is 15.2. The molecule has 49 heavy (non-hydrogen) atoms. The van der Waals surface area contributed by atoms with Crippen molar-refractivity contribution in [2.24, 2.45) is 11.7 Å². The van der Waals surface area contributed by atoms with Crippen LogP contribution in [-0.4, -0.2) is 87.3 Å². The van der Waals surface area contributed by atoms with Gasteiger partial charge in [-0.25, -0.2) is 4.39 Å². The number of fused-ring (bicyclic) bond motifs is 1. The molecule has 0 aromatic heterocycles. The number of nitrogens with two attached hydrogens (primary N) is 1. The van der Waals surface area contributed by atoms with Gasteiger partial charge in [0, 0.05) is 44.4 Å².